The summed E-state index contributed by atoms with van der Waals surface area (Å²) in [7, 11) is 2.17. The van der Waals surface area contributed by atoms with Crippen molar-refractivity contribution < 1.29 is 4.79 Å². The van der Waals surface area contributed by atoms with Crippen LogP contribution in [-0.2, 0) is 0 Å². The molecule has 2 N–H and O–H groups in total. The van der Waals surface area contributed by atoms with Gasteiger partial charge in [0.15, 0.2) is 0 Å². The fraction of sp³-hybridized carbons (Fsp3) is 0.500. The van der Waals surface area contributed by atoms with E-state index in [4.69, 9.17) is 0 Å². The molecule has 3 rings (SSSR count). The van der Waals surface area contributed by atoms with Gasteiger partial charge in [-0.2, -0.15) is 0 Å². The molecule has 1 aliphatic rings. The normalized spacial score (nSPS) is 18.2. The van der Waals surface area contributed by atoms with Crippen molar-refractivity contribution in [3.05, 3.63) is 36.0 Å². The lowest BCUT2D eigenvalue weighted by atomic mass is 10.1. The highest BCUT2D eigenvalue weighted by Crippen LogP contribution is 2.14. The van der Waals surface area contributed by atoms with Gasteiger partial charge in [0, 0.05) is 56.5 Å². The van der Waals surface area contributed by atoms with Gasteiger partial charge in [-0.3, -0.25) is 4.79 Å². The third-order valence-electron chi connectivity index (χ3n) is 4.59. The Morgan fingerprint density at radius 1 is 1.26 bits per heavy atom. The molecule has 23 heavy (non-hydrogen) atoms. The van der Waals surface area contributed by atoms with Gasteiger partial charge in [0.1, 0.15) is 0 Å². The van der Waals surface area contributed by atoms with Gasteiger partial charge in [-0.05, 0) is 36.6 Å². The van der Waals surface area contributed by atoms with Crippen LogP contribution in [0.2, 0.25) is 0 Å². The van der Waals surface area contributed by atoms with Gasteiger partial charge >= 0.3 is 0 Å². The predicted octanol–water partition coefficient (Wildman–Crippen LogP) is 1.78. The van der Waals surface area contributed by atoms with E-state index >= 15 is 0 Å². The van der Waals surface area contributed by atoms with Gasteiger partial charge in [-0.1, -0.05) is 13.0 Å². The smallest absolute Gasteiger partial charge is 0.251 e. The number of amides is 1. The first-order valence-corrected chi connectivity index (χ1v) is 8.38. The highest BCUT2D eigenvalue weighted by atomic mass is 16.1. The van der Waals surface area contributed by atoms with Crippen LogP contribution in [0.3, 0.4) is 0 Å². The molecule has 1 saturated heterocycles. The molecule has 124 valence electrons. The Morgan fingerprint density at radius 3 is 2.83 bits per heavy atom. The molecular weight excluding hydrogens is 288 g/mol. The molecule has 1 unspecified atom stereocenters. The van der Waals surface area contributed by atoms with E-state index in [0.29, 0.717) is 18.0 Å². The second kappa shape index (κ2) is 7.15. The second-order valence-electron chi connectivity index (χ2n) is 6.70. The standard InChI is InChI=1S/C18H26N4O/c1-14(13-22-9-7-21(2)8-10-22)12-20-18(23)16-4-3-15-5-6-19-17(15)11-16/h3-6,11,14,19H,7-10,12-13H2,1-2H3,(H,20,23). The first kappa shape index (κ1) is 16.0. The minimum absolute atomic E-state index is 0.00623. The maximum absolute atomic E-state index is 12.3. The van der Waals surface area contributed by atoms with Crippen molar-refractivity contribution in [3.63, 3.8) is 0 Å². The van der Waals surface area contributed by atoms with E-state index in [1.807, 2.05) is 30.5 Å². The van der Waals surface area contributed by atoms with Crippen molar-refractivity contribution in [2.75, 3.05) is 46.3 Å². The summed E-state index contributed by atoms with van der Waals surface area (Å²) in [5.74, 6) is 0.461. The summed E-state index contributed by atoms with van der Waals surface area (Å²) in [5, 5.41) is 4.19. The number of hydrogen-bond acceptors (Lipinski definition) is 3. The van der Waals surface area contributed by atoms with Crippen LogP contribution in [0.5, 0.6) is 0 Å². The number of likely N-dealkylation sites (N-methyl/N-ethyl adjacent to an activating group) is 1. The molecule has 1 amide bonds. The number of nitrogens with zero attached hydrogens (tertiary/aromatic N) is 2. The van der Waals surface area contributed by atoms with Gasteiger partial charge in [-0.15, -0.1) is 0 Å². The van der Waals surface area contributed by atoms with E-state index in [2.05, 4.69) is 34.1 Å². The molecule has 1 aliphatic heterocycles. The van der Waals surface area contributed by atoms with E-state index in [0.717, 1.165) is 43.6 Å². The van der Waals surface area contributed by atoms with E-state index < -0.39 is 0 Å². The van der Waals surface area contributed by atoms with Crippen LogP contribution < -0.4 is 5.32 Å². The summed E-state index contributed by atoms with van der Waals surface area (Å²) < 4.78 is 0. The Bertz CT molecular complexity index is 658. The highest BCUT2D eigenvalue weighted by Gasteiger charge is 2.16. The zero-order valence-electron chi connectivity index (χ0n) is 14.0. The minimum Gasteiger partial charge on any atom is -0.361 e. The first-order valence-electron chi connectivity index (χ1n) is 8.38. The summed E-state index contributed by atoms with van der Waals surface area (Å²) in [6.45, 7) is 8.48. The average Bonchev–Trinajstić information content (AvgIpc) is 3.02. The SMILES string of the molecule is CC(CNC(=O)c1ccc2cc[nH]c2c1)CN1CCN(C)CC1. The number of rotatable bonds is 5. The largest absolute Gasteiger partial charge is 0.361 e. The molecule has 2 aromatic rings. The monoisotopic (exact) mass is 314 g/mol. The number of aromatic amines is 1. The van der Waals surface area contributed by atoms with Crippen molar-refractivity contribution in [1.82, 2.24) is 20.1 Å². The molecule has 5 nitrogen and oxygen atoms in total. The number of fused-ring (bicyclic) bond motifs is 1. The van der Waals surface area contributed by atoms with Gasteiger partial charge in [0.05, 0.1) is 0 Å². The number of aromatic nitrogens is 1. The molecule has 2 heterocycles. The third-order valence-corrected chi connectivity index (χ3v) is 4.59. The molecule has 1 aromatic heterocycles. The van der Waals surface area contributed by atoms with Crippen LogP contribution in [0.1, 0.15) is 17.3 Å². The summed E-state index contributed by atoms with van der Waals surface area (Å²) in [4.78, 5) is 20.3. The number of piperazine rings is 1. The van der Waals surface area contributed by atoms with Crippen molar-refractivity contribution in [1.29, 1.82) is 0 Å². The number of carbonyl (C=O) groups is 1. The van der Waals surface area contributed by atoms with E-state index in [1.54, 1.807) is 0 Å². The third kappa shape index (κ3) is 4.12. The number of hydrogen-bond donors (Lipinski definition) is 2. The predicted molar refractivity (Wildman–Crippen MR) is 93.7 cm³/mol. The minimum atomic E-state index is 0.00623. The summed E-state index contributed by atoms with van der Waals surface area (Å²) in [5.41, 5.74) is 1.72. The van der Waals surface area contributed by atoms with E-state index in [9.17, 15) is 4.79 Å². The molecule has 0 radical (unpaired) electrons. The molecular formula is C18H26N4O. The number of nitrogens with one attached hydrogen (secondary N) is 2. The second-order valence-corrected chi connectivity index (χ2v) is 6.70. The zero-order valence-corrected chi connectivity index (χ0v) is 14.0. The van der Waals surface area contributed by atoms with Gasteiger partial charge in [-0.25, -0.2) is 0 Å². The Hall–Kier alpha value is -1.85. The molecule has 1 aromatic carbocycles. The Morgan fingerprint density at radius 2 is 2.04 bits per heavy atom. The van der Waals surface area contributed by atoms with Crippen LogP contribution in [0.25, 0.3) is 10.9 Å². The van der Waals surface area contributed by atoms with Crippen molar-refractivity contribution >= 4 is 16.8 Å². The van der Waals surface area contributed by atoms with E-state index in [-0.39, 0.29) is 5.91 Å². The van der Waals surface area contributed by atoms with Gasteiger partial charge in [0.2, 0.25) is 0 Å². The molecule has 0 spiro atoms. The molecule has 0 saturated carbocycles. The van der Waals surface area contributed by atoms with Crippen molar-refractivity contribution in [2.45, 2.75) is 6.92 Å². The highest BCUT2D eigenvalue weighted by molar-refractivity contribution is 5.97. The quantitative estimate of drug-likeness (QED) is 0.884. The van der Waals surface area contributed by atoms with Crippen LogP contribution in [0, 0.1) is 5.92 Å². The lowest BCUT2D eigenvalue weighted by Crippen LogP contribution is -2.46. The Kier molecular flexibility index (Phi) is 4.98. The molecule has 1 fully saturated rings. The fourth-order valence-electron chi connectivity index (χ4n) is 3.09. The molecule has 0 bridgehead atoms. The summed E-state index contributed by atoms with van der Waals surface area (Å²) in [6.07, 6.45) is 1.89. The number of H-pyrrole nitrogens is 1. The van der Waals surface area contributed by atoms with Crippen LogP contribution in [-0.4, -0.2) is 67.0 Å². The molecule has 1 atom stereocenters. The average molecular weight is 314 g/mol. The lowest BCUT2D eigenvalue weighted by molar-refractivity contribution is 0.0937. The maximum Gasteiger partial charge on any atom is 0.251 e. The van der Waals surface area contributed by atoms with Crippen molar-refractivity contribution in [3.8, 4) is 0 Å². The summed E-state index contributed by atoms with van der Waals surface area (Å²) in [6, 6.07) is 7.79. The summed E-state index contributed by atoms with van der Waals surface area (Å²) >= 11 is 0. The zero-order chi connectivity index (χ0) is 16.2. The van der Waals surface area contributed by atoms with Crippen LogP contribution >= 0.6 is 0 Å². The fourth-order valence-corrected chi connectivity index (χ4v) is 3.09. The Balaban J connectivity index is 1.48. The topological polar surface area (TPSA) is 51.4 Å². The molecule has 5 heteroatoms. The van der Waals surface area contributed by atoms with Crippen LogP contribution in [0.15, 0.2) is 30.5 Å². The van der Waals surface area contributed by atoms with Crippen LogP contribution in [0.4, 0.5) is 0 Å². The Labute approximate surface area is 137 Å². The molecule has 0 aliphatic carbocycles. The first-order chi connectivity index (χ1) is 11.1. The number of benzene rings is 1. The van der Waals surface area contributed by atoms with Gasteiger partial charge < -0.3 is 20.1 Å². The van der Waals surface area contributed by atoms with Gasteiger partial charge in [0.25, 0.3) is 5.91 Å². The maximum atomic E-state index is 12.3. The van der Waals surface area contributed by atoms with E-state index in [1.165, 1.54) is 0 Å². The lowest BCUT2D eigenvalue weighted by Gasteiger charge is -2.33. The number of carbonyl (C=O) groups excluding carboxylic acids is 1. The van der Waals surface area contributed by atoms with Crippen molar-refractivity contribution in [2.24, 2.45) is 5.92 Å².